The molecule has 124 valence electrons. The van der Waals surface area contributed by atoms with Crippen molar-refractivity contribution in [1.29, 1.82) is 0 Å². The Morgan fingerprint density at radius 1 is 1.23 bits per heavy atom. The van der Waals surface area contributed by atoms with Crippen LogP contribution in [0.3, 0.4) is 0 Å². The molecule has 3 aliphatic rings. The minimum absolute atomic E-state index is 0.280. The Balaban J connectivity index is 1.78. The molecule has 6 atom stereocenters. The summed E-state index contributed by atoms with van der Waals surface area (Å²) in [6.07, 6.45) is -1.26. The zero-order chi connectivity index (χ0) is 15.9. The fourth-order valence-electron chi connectivity index (χ4n) is 3.06. The zero-order valence-corrected chi connectivity index (χ0v) is 13.1. The molecule has 8 nitrogen and oxygen atoms in total. The minimum Gasteiger partial charge on any atom is -0.475 e. The summed E-state index contributed by atoms with van der Waals surface area (Å²) in [7, 11) is 1.54. The summed E-state index contributed by atoms with van der Waals surface area (Å²) in [6, 6.07) is -0.770. The first-order chi connectivity index (χ1) is 10.5. The lowest BCUT2D eigenvalue weighted by molar-refractivity contribution is -0.236. The molecule has 0 radical (unpaired) electrons. The number of hydrogen-bond acceptors (Lipinski definition) is 8. The van der Waals surface area contributed by atoms with Crippen molar-refractivity contribution in [3.05, 3.63) is 0 Å². The summed E-state index contributed by atoms with van der Waals surface area (Å²) in [6.45, 7) is 5.67. The summed E-state index contributed by atoms with van der Waals surface area (Å²) in [4.78, 5) is 16.1. The van der Waals surface area contributed by atoms with Crippen LogP contribution in [0.1, 0.15) is 20.8 Å². The Hall–Kier alpha value is -1.22. The minimum atomic E-state index is -0.770. The Morgan fingerprint density at radius 3 is 2.64 bits per heavy atom. The molecule has 3 rings (SSSR count). The van der Waals surface area contributed by atoms with Crippen LogP contribution in [0, 0.1) is 0 Å². The molecule has 3 aliphatic heterocycles. The van der Waals surface area contributed by atoms with Crippen LogP contribution < -0.4 is 0 Å². The molecule has 0 unspecified atom stereocenters. The predicted molar refractivity (Wildman–Crippen MR) is 73.3 cm³/mol. The van der Waals surface area contributed by atoms with Gasteiger partial charge in [-0.2, -0.15) is 0 Å². The van der Waals surface area contributed by atoms with Crippen molar-refractivity contribution < 1.29 is 33.2 Å². The third-order valence-electron chi connectivity index (χ3n) is 3.88. The van der Waals surface area contributed by atoms with Crippen LogP contribution >= 0.6 is 0 Å². The zero-order valence-electron chi connectivity index (χ0n) is 13.1. The number of carbonyl (C=O) groups is 1. The third-order valence-corrected chi connectivity index (χ3v) is 3.88. The largest absolute Gasteiger partial charge is 0.475 e. The molecule has 0 aromatic heterocycles. The van der Waals surface area contributed by atoms with Crippen LogP contribution in [0.15, 0.2) is 4.99 Å². The molecule has 2 fully saturated rings. The van der Waals surface area contributed by atoms with E-state index in [1.165, 1.54) is 13.5 Å². The predicted octanol–water partition coefficient (Wildman–Crippen LogP) is 0.237. The van der Waals surface area contributed by atoms with Crippen molar-refractivity contribution in [3.8, 4) is 0 Å². The molecule has 0 amide bonds. The smallest absolute Gasteiger partial charge is 0.334 e. The average molecular weight is 315 g/mol. The van der Waals surface area contributed by atoms with E-state index in [0.29, 0.717) is 0 Å². The fourth-order valence-corrected chi connectivity index (χ4v) is 3.06. The first kappa shape index (κ1) is 15.7. The maximum Gasteiger partial charge on any atom is 0.334 e. The van der Waals surface area contributed by atoms with Gasteiger partial charge in [-0.05, 0) is 20.8 Å². The number of methoxy groups -OCH3 is 1. The number of carbonyl (C=O) groups excluding carboxylic acids is 1. The standard InChI is InChI=1S/C14H21NO7/c1-5-18-12(16)7-8(19-6-15-7)9-10-11(13(17-4)20-9)22-14(2,3)21-10/h6-11,13H,5H2,1-4H3/t7-,8-,9+,10+,11+,13+/m0/s1. The van der Waals surface area contributed by atoms with E-state index in [1.54, 1.807) is 6.92 Å². The van der Waals surface area contributed by atoms with E-state index in [9.17, 15) is 4.79 Å². The summed E-state index contributed by atoms with van der Waals surface area (Å²) in [5.41, 5.74) is 0. The topological polar surface area (TPSA) is 84.8 Å². The van der Waals surface area contributed by atoms with Gasteiger partial charge in [-0.25, -0.2) is 9.79 Å². The molecule has 8 heteroatoms. The highest BCUT2D eigenvalue weighted by atomic mass is 16.8. The van der Waals surface area contributed by atoms with Crippen LogP contribution in [0.4, 0.5) is 0 Å². The van der Waals surface area contributed by atoms with E-state index in [0.717, 1.165) is 0 Å². The highest BCUT2D eigenvalue weighted by molar-refractivity contribution is 5.80. The van der Waals surface area contributed by atoms with Crippen molar-refractivity contribution in [2.75, 3.05) is 13.7 Å². The van der Waals surface area contributed by atoms with E-state index in [-0.39, 0.29) is 12.7 Å². The second-order valence-corrected chi connectivity index (χ2v) is 5.82. The lowest BCUT2D eigenvalue weighted by Gasteiger charge is -2.27. The van der Waals surface area contributed by atoms with Crippen LogP contribution in [0.2, 0.25) is 0 Å². The van der Waals surface area contributed by atoms with Gasteiger partial charge in [0.1, 0.15) is 18.3 Å². The number of ether oxygens (including phenoxy) is 6. The van der Waals surface area contributed by atoms with Gasteiger partial charge in [0.2, 0.25) is 0 Å². The average Bonchev–Trinajstić information content (AvgIpc) is 3.11. The Bertz CT molecular complexity index is 466. The molecule has 3 heterocycles. The van der Waals surface area contributed by atoms with Gasteiger partial charge in [-0.15, -0.1) is 0 Å². The van der Waals surface area contributed by atoms with Gasteiger partial charge in [0.15, 0.2) is 30.6 Å². The first-order valence-corrected chi connectivity index (χ1v) is 7.34. The lowest BCUT2D eigenvalue weighted by atomic mass is 10.0. The molecular weight excluding hydrogens is 294 g/mol. The number of aliphatic imine (C=N–C) groups is 1. The molecule has 2 saturated heterocycles. The lowest BCUT2D eigenvalue weighted by Crippen LogP contribution is -2.46. The van der Waals surface area contributed by atoms with E-state index in [2.05, 4.69) is 4.99 Å². The summed E-state index contributed by atoms with van der Waals surface area (Å²) in [5, 5.41) is 0. The third kappa shape index (κ3) is 2.60. The van der Waals surface area contributed by atoms with Crippen molar-refractivity contribution in [1.82, 2.24) is 0 Å². The van der Waals surface area contributed by atoms with Gasteiger partial charge in [0, 0.05) is 7.11 Å². The Kier molecular flexibility index (Phi) is 4.11. The van der Waals surface area contributed by atoms with E-state index >= 15 is 0 Å². The van der Waals surface area contributed by atoms with Crippen LogP contribution in [-0.2, 0) is 33.2 Å². The van der Waals surface area contributed by atoms with Crippen molar-refractivity contribution in [3.63, 3.8) is 0 Å². The van der Waals surface area contributed by atoms with Gasteiger partial charge < -0.3 is 28.4 Å². The maximum absolute atomic E-state index is 12.0. The number of rotatable bonds is 4. The molecule has 0 bridgehead atoms. The maximum atomic E-state index is 12.0. The number of hydrogen-bond donors (Lipinski definition) is 0. The van der Waals surface area contributed by atoms with Crippen molar-refractivity contribution in [2.24, 2.45) is 4.99 Å². The van der Waals surface area contributed by atoms with Gasteiger partial charge in [0.25, 0.3) is 0 Å². The Labute approximate surface area is 128 Å². The second-order valence-electron chi connectivity index (χ2n) is 5.82. The molecule has 0 aromatic rings. The van der Waals surface area contributed by atoms with E-state index in [1.807, 2.05) is 13.8 Å². The fraction of sp³-hybridized carbons (Fsp3) is 0.857. The molecule has 0 N–H and O–H groups in total. The summed E-state index contributed by atoms with van der Waals surface area (Å²) >= 11 is 0. The molecular formula is C14H21NO7. The van der Waals surface area contributed by atoms with E-state index in [4.69, 9.17) is 28.4 Å². The Morgan fingerprint density at radius 2 is 1.95 bits per heavy atom. The van der Waals surface area contributed by atoms with Crippen molar-refractivity contribution in [2.45, 2.75) is 63.3 Å². The van der Waals surface area contributed by atoms with Gasteiger partial charge >= 0.3 is 5.97 Å². The summed E-state index contributed by atoms with van der Waals surface area (Å²) < 4.78 is 33.4. The number of fused-ring (bicyclic) bond motifs is 1. The van der Waals surface area contributed by atoms with Crippen LogP contribution in [0.25, 0.3) is 0 Å². The molecule has 0 aliphatic carbocycles. The first-order valence-electron chi connectivity index (χ1n) is 7.34. The van der Waals surface area contributed by atoms with Crippen LogP contribution in [0.5, 0.6) is 0 Å². The van der Waals surface area contributed by atoms with Gasteiger partial charge in [0.05, 0.1) is 6.61 Å². The van der Waals surface area contributed by atoms with Crippen molar-refractivity contribution >= 4 is 12.4 Å². The molecule has 0 saturated carbocycles. The molecule has 0 aromatic carbocycles. The highest BCUT2D eigenvalue weighted by Crippen LogP contribution is 2.41. The quantitative estimate of drug-likeness (QED) is 0.687. The SMILES string of the molecule is CCOC(=O)[C@H]1N=CO[C@@H]1[C@H]1O[C@@H](OC)[C@@H]2OC(C)(C)O[C@H]12. The van der Waals surface area contributed by atoms with Crippen LogP contribution in [-0.4, -0.2) is 68.6 Å². The second kappa shape index (κ2) is 5.77. The summed E-state index contributed by atoms with van der Waals surface area (Å²) in [5.74, 6) is -1.19. The number of esters is 1. The monoisotopic (exact) mass is 315 g/mol. The molecule has 22 heavy (non-hydrogen) atoms. The highest BCUT2D eigenvalue weighted by Gasteiger charge is 2.60. The normalized spacial score (nSPS) is 42.2. The molecule has 0 spiro atoms. The van der Waals surface area contributed by atoms with Gasteiger partial charge in [-0.3, -0.25) is 0 Å². The number of nitrogens with zero attached hydrogens (tertiary/aromatic N) is 1. The van der Waals surface area contributed by atoms with Gasteiger partial charge in [-0.1, -0.05) is 0 Å². The van der Waals surface area contributed by atoms with E-state index < -0.39 is 42.4 Å².